The van der Waals surface area contributed by atoms with Gasteiger partial charge in [-0.1, -0.05) is 63.2 Å². The zero-order valence-electron chi connectivity index (χ0n) is 26.3. The summed E-state index contributed by atoms with van der Waals surface area (Å²) in [6.07, 6.45) is -5.18. The van der Waals surface area contributed by atoms with Crippen molar-refractivity contribution in [1.29, 1.82) is 0 Å². The zero-order chi connectivity index (χ0) is 33.2. The van der Waals surface area contributed by atoms with E-state index >= 15 is 0 Å². The van der Waals surface area contributed by atoms with Crippen molar-refractivity contribution >= 4 is 23.2 Å². The Morgan fingerprint density at radius 2 is 1.87 bits per heavy atom. The Morgan fingerprint density at radius 1 is 1.13 bits per heavy atom. The molecule has 2 amide bonds. The predicted molar refractivity (Wildman–Crippen MR) is 168 cm³/mol. The summed E-state index contributed by atoms with van der Waals surface area (Å²) in [6, 6.07) is 13.0. The Morgan fingerprint density at radius 3 is 2.54 bits per heavy atom. The Hall–Kier alpha value is -3.36. The Labute approximate surface area is 270 Å². The van der Waals surface area contributed by atoms with Gasteiger partial charge in [-0.15, -0.1) is 11.3 Å². The van der Waals surface area contributed by atoms with Crippen molar-refractivity contribution in [3.63, 3.8) is 0 Å². The monoisotopic (exact) mass is 659 g/mol. The lowest BCUT2D eigenvalue weighted by molar-refractivity contribution is -0.204. The maximum atomic E-state index is 14.3. The fourth-order valence-electron chi connectivity index (χ4n) is 6.34. The van der Waals surface area contributed by atoms with Gasteiger partial charge in [-0.25, -0.2) is 9.88 Å². The first-order chi connectivity index (χ1) is 21.8. The van der Waals surface area contributed by atoms with E-state index in [4.69, 9.17) is 9.72 Å². The molecule has 2 aromatic carbocycles. The highest BCUT2D eigenvalue weighted by atomic mass is 32.1. The number of hydrogen-bond donors (Lipinski definition) is 3. The number of aliphatic hydroxyl groups is 1. The first kappa shape index (κ1) is 34.0. The molecule has 2 aliphatic rings. The number of fused-ring (bicyclic) bond motifs is 1. The molecule has 0 saturated carbocycles. The van der Waals surface area contributed by atoms with E-state index in [1.54, 1.807) is 18.0 Å². The molecule has 3 aromatic rings. The van der Waals surface area contributed by atoms with E-state index in [9.17, 15) is 27.9 Å². The molecule has 0 aliphatic carbocycles. The standard InChI is InChI=1S/C33H40F3N5O4S/c1-32(2,3)28(39-26(42)16-37-4)30(43)40-14-13-25-27(40)23(17-41(25)31(44)45-18-20-9-6-5-7-10-20)24-19-46-29(38-24)21-11-8-12-22(15-21)33(34,35)36/h5-12,15,19,23,25,27-28,31,37,44H,13-14,16-18H2,1-4H3,(H,39,42). The SMILES string of the molecule is CNCC(=O)NC(C(=O)N1CCC2C1C(c1csc(-c3cccc(C(F)(F)F)c3)n1)CN2C(O)OCc1ccccc1)C(C)(C)C. The van der Waals surface area contributed by atoms with Crippen LogP contribution in [0.2, 0.25) is 0 Å². The number of amides is 2. The van der Waals surface area contributed by atoms with Crippen LogP contribution in [0.4, 0.5) is 13.2 Å². The molecule has 9 nitrogen and oxygen atoms in total. The number of nitrogens with one attached hydrogen (secondary N) is 2. The van der Waals surface area contributed by atoms with E-state index in [2.05, 4.69) is 10.6 Å². The summed E-state index contributed by atoms with van der Waals surface area (Å²) >= 11 is 1.24. The number of aliphatic hydroxyl groups excluding tert-OH is 1. The van der Waals surface area contributed by atoms with E-state index in [-0.39, 0.29) is 36.9 Å². The molecule has 3 N–H and O–H groups in total. The smallest absolute Gasteiger partial charge is 0.356 e. The summed E-state index contributed by atoms with van der Waals surface area (Å²) in [5.41, 5.74) is 0.517. The van der Waals surface area contributed by atoms with Gasteiger partial charge in [0.2, 0.25) is 18.2 Å². The number of aromatic nitrogens is 1. The number of alkyl halides is 3. The summed E-state index contributed by atoms with van der Waals surface area (Å²) in [4.78, 5) is 35.2. The molecule has 2 fully saturated rings. The van der Waals surface area contributed by atoms with Crippen LogP contribution in [0.1, 0.15) is 49.9 Å². The van der Waals surface area contributed by atoms with Gasteiger partial charge in [-0.05, 0) is 36.6 Å². The van der Waals surface area contributed by atoms with Crippen molar-refractivity contribution in [2.45, 2.75) is 70.4 Å². The Bertz CT molecular complexity index is 1510. The van der Waals surface area contributed by atoms with Crippen LogP contribution in [0, 0.1) is 5.41 Å². The van der Waals surface area contributed by atoms with Crippen LogP contribution in [-0.4, -0.2) is 82.9 Å². The van der Waals surface area contributed by atoms with Gasteiger partial charge in [0.05, 0.1) is 30.5 Å². The van der Waals surface area contributed by atoms with Crippen molar-refractivity contribution in [3.05, 3.63) is 76.8 Å². The number of likely N-dealkylation sites (tertiary alicyclic amines) is 2. The minimum absolute atomic E-state index is 0.0599. The highest BCUT2D eigenvalue weighted by Gasteiger charge is 2.54. The highest BCUT2D eigenvalue weighted by molar-refractivity contribution is 7.13. The molecule has 248 valence electrons. The van der Waals surface area contributed by atoms with Gasteiger partial charge in [0, 0.05) is 36.0 Å². The molecule has 13 heteroatoms. The largest absolute Gasteiger partial charge is 0.416 e. The van der Waals surface area contributed by atoms with Crippen molar-refractivity contribution in [2.24, 2.45) is 5.41 Å². The average Bonchev–Trinajstić information content (AvgIpc) is 3.75. The van der Waals surface area contributed by atoms with E-state index < -0.39 is 35.7 Å². The number of benzene rings is 2. The van der Waals surface area contributed by atoms with Crippen LogP contribution in [0.5, 0.6) is 0 Å². The molecule has 0 spiro atoms. The minimum Gasteiger partial charge on any atom is -0.356 e. The number of hydrogen-bond acceptors (Lipinski definition) is 8. The first-order valence-electron chi connectivity index (χ1n) is 15.2. The maximum absolute atomic E-state index is 14.3. The summed E-state index contributed by atoms with van der Waals surface area (Å²) in [5.74, 6) is -0.897. The average molecular weight is 660 g/mol. The molecule has 5 atom stereocenters. The number of carbonyl (C=O) groups excluding carboxylic acids is 2. The number of nitrogens with zero attached hydrogens (tertiary/aromatic N) is 3. The molecule has 46 heavy (non-hydrogen) atoms. The summed E-state index contributed by atoms with van der Waals surface area (Å²) in [5, 5.41) is 19.2. The van der Waals surface area contributed by atoms with Gasteiger partial charge in [0.1, 0.15) is 11.0 Å². The molecule has 0 radical (unpaired) electrons. The molecule has 5 rings (SSSR count). The summed E-state index contributed by atoms with van der Waals surface area (Å²) in [7, 11) is 1.66. The number of rotatable bonds is 10. The fourth-order valence-corrected chi connectivity index (χ4v) is 7.22. The van der Waals surface area contributed by atoms with E-state index in [0.29, 0.717) is 35.8 Å². The predicted octanol–water partition coefficient (Wildman–Crippen LogP) is 4.44. The van der Waals surface area contributed by atoms with Gasteiger partial charge in [0.25, 0.3) is 0 Å². The van der Waals surface area contributed by atoms with E-state index in [0.717, 1.165) is 17.7 Å². The zero-order valence-corrected chi connectivity index (χ0v) is 27.1. The van der Waals surface area contributed by atoms with Gasteiger partial charge in [0.15, 0.2) is 0 Å². The molecule has 2 saturated heterocycles. The van der Waals surface area contributed by atoms with Crippen LogP contribution in [0.3, 0.4) is 0 Å². The van der Waals surface area contributed by atoms with Gasteiger partial charge in [-0.3, -0.25) is 9.59 Å². The quantitative estimate of drug-likeness (QED) is 0.277. The molecular formula is C33H40F3N5O4S. The number of halogens is 3. The highest BCUT2D eigenvalue weighted by Crippen LogP contribution is 2.44. The number of carbonyl (C=O) groups is 2. The van der Waals surface area contributed by atoms with Crippen molar-refractivity contribution in [1.82, 2.24) is 25.4 Å². The van der Waals surface area contributed by atoms with E-state index in [1.165, 1.54) is 17.4 Å². The van der Waals surface area contributed by atoms with Crippen molar-refractivity contribution in [2.75, 3.05) is 26.7 Å². The number of likely N-dealkylation sites (N-methyl/N-ethyl adjacent to an activating group) is 1. The van der Waals surface area contributed by atoms with Crippen LogP contribution < -0.4 is 10.6 Å². The molecular weight excluding hydrogens is 619 g/mol. The molecule has 3 heterocycles. The third-order valence-corrected chi connectivity index (χ3v) is 9.48. The van der Waals surface area contributed by atoms with Gasteiger partial charge >= 0.3 is 6.18 Å². The fraction of sp³-hybridized carbons (Fsp3) is 0.485. The molecule has 2 aliphatic heterocycles. The number of thiazole rings is 1. The lowest BCUT2D eigenvalue weighted by Crippen LogP contribution is -2.57. The van der Waals surface area contributed by atoms with Gasteiger partial charge in [-0.2, -0.15) is 13.2 Å². The second-order valence-corrected chi connectivity index (χ2v) is 13.7. The van der Waals surface area contributed by atoms with Crippen molar-refractivity contribution < 1.29 is 32.6 Å². The van der Waals surface area contributed by atoms with Crippen LogP contribution in [0.25, 0.3) is 10.6 Å². The Balaban J connectivity index is 1.45. The number of ether oxygens (including phenoxy) is 1. The summed E-state index contributed by atoms with van der Waals surface area (Å²) < 4.78 is 46.2. The minimum atomic E-state index is -4.48. The molecule has 5 unspecified atom stereocenters. The summed E-state index contributed by atoms with van der Waals surface area (Å²) in [6.45, 7) is 6.63. The second-order valence-electron chi connectivity index (χ2n) is 12.9. The van der Waals surface area contributed by atoms with Crippen molar-refractivity contribution in [3.8, 4) is 10.6 Å². The molecule has 0 bridgehead atoms. The van der Waals surface area contributed by atoms with Gasteiger partial charge < -0.3 is 25.4 Å². The second kappa shape index (κ2) is 13.8. The lowest BCUT2D eigenvalue weighted by Gasteiger charge is -2.37. The normalized spacial score (nSPS) is 21.7. The van der Waals surface area contributed by atoms with Crippen LogP contribution in [0.15, 0.2) is 60.0 Å². The van der Waals surface area contributed by atoms with E-state index in [1.807, 2.05) is 61.4 Å². The Kier molecular flexibility index (Phi) is 10.2. The molecule has 1 aromatic heterocycles. The first-order valence-corrected chi connectivity index (χ1v) is 16.1. The topological polar surface area (TPSA) is 107 Å². The third kappa shape index (κ3) is 7.44. The lowest BCUT2D eigenvalue weighted by atomic mass is 9.85. The third-order valence-electron chi connectivity index (χ3n) is 8.57. The van der Waals surface area contributed by atoms with Crippen LogP contribution in [-0.2, 0) is 27.1 Å². The van der Waals surface area contributed by atoms with Crippen LogP contribution >= 0.6 is 11.3 Å². The maximum Gasteiger partial charge on any atom is 0.416 e.